The molecular weight excluding hydrogens is 250 g/mol. The molecule has 0 atom stereocenters. The molecule has 0 fully saturated rings. The van der Waals surface area contributed by atoms with Crippen molar-refractivity contribution in [2.75, 3.05) is 5.32 Å². The number of rotatable bonds is 5. The summed E-state index contributed by atoms with van der Waals surface area (Å²) in [6.45, 7) is 4.19. The minimum atomic E-state index is -0.426. The lowest BCUT2D eigenvalue weighted by Gasteiger charge is -2.17. The molecule has 0 radical (unpaired) electrons. The van der Waals surface area contributed by atoms with Gasteiger partial charge in [0.2, 0.25) is 0 Å². The fourth-order valence-corrected chi connectivity index (χ4v) is 1.80. The van der Waals surface area contributed by atoms with Gasteiger partial charge in [-0.15, -0.1) is 0 Å². The molecule has 18 heavy (non-hydrogen) atoms. The van der Waals surface area contributed by atoms with E-state index in [1.807, 2.05) is 0 Å². The van der Waals surface area contributed by atoms with Crippen LogP contribution in [0.25, 0.3) is 0 Å². The zero-order valence-corrected chi connectivity index (χ0v) is 11.3. The van der Waals surface area contributed by atoms with E-state index < -0.39 is 4.92 Å². The molecule has 0 amide bonds. The Bertz CT molecular complexity index is 416. The van der Waals surface area contributed by atoms with E-state index >= 15 is 0 Å². The molecule has 0 aliphatic carbocycles. The van der Waals surface area contributed by atoms with Crippen LogP contribution >= 0.6 is 12.2 Å². The minimum absolute atomic E-state index is 0.0689. The Labute approximate surface area is 112 Å². The molecule has 1 aromatic carbocycles. The molecule has 6 heteroatoms. The molecule has 0 bridgehead atoms. The summed E-state index contributed by atoms with van der Waals surface area (Å²) in [6.07, 6.45) is 2.00. The molecule has 0 aliphatic heterocycles. The van der Waals surface area contributed by atoms with E-state index in [2.05, 4.69) is 24.5 Å². The molecule has 0 saturated heterocycles. The highest BCUT2D eigenvalue weighted by atomic mass is 32.1. The number of nitrogens with zero attached hydrogens (tertiary/aromatic N) is 1. The van der Waals surface area contributed by atoms with Gasteiger partial charge in [-0.2, -0.15) is 0 Å². The summed E-state index contributed by atoms with van der Waals surface area (Å²) in [7, 11) is 0. The summed E-state index contributed by atoms with van der Waals surface area (Å²) in [6, 6.07) is 6.52. The number of anilines is 1. The van der Waals surface area contributed by atoms with Crippen molar-refractivity contribution in [1.82, 2.24) is 5.32 Å². The van der Waals surface area contributed by atoms with Gasteiger partial charge in [-0.1, -0.05) is 13.8 Å². The van der Waals surface area contributed by atoms with Gasteiger partial charge in [-0.3, -0.25) is 10.1 Å². The molecule has 5 nitrogen and oxygen atoms in total. The van der Waals surface area contributed by atoms with Crippen LogP contribution in [0.15, 0.2) is 24.3 Å². The molecular formula is C12H17N3O2S. The maximum Gasteiger partial charge on any atom is 0.269 e. The summed E-state index contributed by atoms with van der Waals surface area (Å²) in [4.78, 5) is 10.1. The second-order valence-corrected chi connectivity index (χ2v) is 4.32. The van der Waals surface area contributed by atoms with E-state index in [1.54, 1.807) is 12.1 Å². The lowest BCUT2D eigenvalue weighted by molar-refractivity contribution is -0.384. The third kappa shape index (κ3) is 4.29. The van der Waals surface area contributed by atoms with Gasteiger partial charge < -0.3 is 10.6 Å². The average Bonchev–Trinajstić information content (AvgIpc) is 2.36. The van der Waals surface area contributed by atoms with Crippen molar-refractivity contribution in [1.29, 1.82) is 0 Å². The van der Waals surface area contributed by atoms with E-state index in [9.17, 15) is 10.1 Å². The molecule has 98 valence electrons. The normalized spacial score (nSPS) is 10.2. The maximum absolute atomic E-state index is 10.5. The topological polar surface area (TPSA) is 67.2 Å². The van der Waals surface area contributed by atoms with Crippen molar-refractivity contribution >= 4 is 28.7 Å². The van der Waals surface area contributed by atoms with Crippen LogP contribution in [0.2, 0.25) is 0 Å². The van der Waals surface area contributed by atoms with Gasteiger partial charge in [0.1, 0.15) is 0 Å². The zero-order chi connectivity index (χ0) is 13.5. The standard InChI is InChI=1S/C12H17N3O2S/c1-3-9(4-2)13-12(18)14-10-5-7-11(8-6-10)15(16)17/h5-9H,3-4H2,1-2H3,(H2,13,14,18). The van der Waals surface area contributed by atoms with Crippen LogP contribution in [-0.4, -0.2) is 16.1 Å². The van der Waals surface area contributed by atoms with E-state index in [4.69, 9.17) is 12.2 Å². The summed E-state index contributed by atoms with van der Waals surface area (Å²) in [5, 5.41) is 17.2. The van der Waals surface area contributed by atoms with Crippen LogP contribution in [0.5, 0.6) is 0 Å². The Morgan fingerprint density at radius 3 is 2.33 bits per heavy atom. The zero-order valence-electron chi connectivity index (χ0n) is 10.5. The first kappa shape index (κ1) is 14.4. The first-order chi connectivity index (χ1) is 8.56. The number of non-ortho nitro benzene ring substituents is 1. The molecule has 0 unspecified atom stereocenters. The van der Waals surface area contributed by atoms with Crippen LogP contribution in [0.1, 0.15) is 26.7 Å². The molecule has 2 N–H and O–H groups in total. The van der Waals surface area contributed by atoms with Gasteiger partial charge in [0, 0.05) is 23.9 Å². The van der Waals surface area contributed by atoms with Crippen molar-refractivity contribution in [2.45, 2.75) is 32.7 Å². The van der Waals surface area contributed by atoms with Crippen LogP contribution in [0.3, 0.4) is 0 Å². The van der Waals surface area contributed by atoms with Gasteiger partial charge in [0.05, 0.1) is 4.92 Å². The summed E-state index contributed by atoms with van der Waals surface area (Å²) in [5.74, 6) is 0. The number of hydrogen-bond donors (Lipinski definition) is 2. The Morgan fingerprint density at radius 1 is 1.33 bits per heavy atom. The summed E-state index contributed by atoms with van der Waals surface area (Å²) >= 11 is 5.17. The Kier molecular flexibility index (Phi) is 5.51. The lowest BCUT2D eigenvalue weighted by atomic mass is 10.2. The van der Waals surface area contributed by atoms with Crippen molar-refractivity contribution in [3.05, 3.63) is 34.4 Å². The first-order valence-electron chi connectivity index (χ1n) is 5.88. The number of thiocarbonyl (C=S) groups is 1. The van der Waals surface area contributed by atoms with Gasteiger partial charge in [0.25, 0.3) is 5.69 Å². The lowest BCUT2D eigenvalue weighted by Crippen LogP contribution is -2.36. The number of nitro benzene ring substituents is 1. The average molecular weight is 267 g/mol. The third-order valence-corrected chi connectivity index (χ3v) is 2.88. The SMILES string of the molecule is CCC(CC)NC(=S)Nc1ccc([N+](=O)[O-])cc1. The third-order valence-electron chi connectivity index (χ3n) is 2.66. The quantitative estimate of drug-likeness (QED) is 0.487. The first-order valence-corrected chi connectivity index (χ1v) is 6.29. The fourth-order valence-electron chi connectivity index (χ4n) is 1.51. The number of nitro groups is 1. The number of benzene rings is 1. The molecule has 1 aromatic rings. The van der Waals surface area contributed by atoms with Crippen LogP contribution < -0.4 is 10.6 Å². The second-order valence-electron chi connectivity index (χ2n) is 3.92. The predicted octanol–water partition coefficient (Wildman–Crippen LogP) is 3.07. The summed E-state index contributed by atoms with van der Waals surface area (Å²) < 4.78 is 0. The Balaban J connectivity index is 2.56. The maximum atomic E-state index is 10.5. The molecule has 0 aliphatic rings. The molecule has 1 rings (SSSR count). The molecule has 0 saturated carbocycles. The van der Waals surface area contributed by atoms with Crippen LogP contribution in [-0.2, 0) is 0 Å². The van der Waals surface area contributed by atoms with E-state index in [0.29, 0.717) is 11.2 Å². The van der Waals surface area contributed by atoms with Gasteiger partial charge in [0.15, 0.2) is 5.11 Å². The number of nitrogens with one attached hydrogen (secondary N) is 2. The molecule has 0 heterocycles. The second kappa shape index (κ2) is 6.90. The van der Waals surface area contributed by atoms with Crippen molar-refractivity contribution in [3.8, 4) is 0 Å². The van der Waals surface area contributed by atoms with Crippen molar-refractivity contribution < 1.29 is 4.92 Å². The van der Waals surface area contributed by atoms with E-state index in [-0.39, 0.29) is 5.69 Å². The highest BCUT2D eigenvalue weighted by molar-refractivity contribution is 7.80. The van der Waals surface area contributed by atoms with Gasteiger partial charge in [-0.05, 0) is 37.2 Å². The molecule has 0 spiro atoms. The predicted molar refractivity (Wildman–Crippen MR) is 76.8 cm³/mol. The monoisotopic (exact) mass is 267 g/mol. The smallest absolute Gasteiger partial charge is 0.269 e. The van der Waals surface area contributed by atoms with Crippen LogP contribution in [0, 0.1) is 10.1 Å². The Hall–Kier alpha value is -1.69. The largest absolute Gasteiger partial charge is 0.360 e. The van der Waals surface area contributed by atoms with Crippen LogP contribution in [0.4, 0.5) is 11.4 Å². The van der Waals surface area contributed by atoms with Crippen molar-refractivity contribution in [2.24, 2.45) is 0 Å². The Morgan fingerprint density at radius 2 is 1.89 bits per heavy atom. The highest BCUT2D eigenvalue weighted by Gasteiger charge is 2.07. The fraction of sp³-hybridized carbons (Fsp3) is 0.417. The molecule has 0 aromatic heterocycles. The highest BCUT2D eigenvalue weighted by Crippen LogP contribution is 2.15. The minimum Gasteiger partial charge on any atom is -0.360 e. The van der Waals surface area contributed by atoms with Gasteiger partial charge in [-0.25, -0.2) is 0 Å². The van der Waals surface area contributed by atoms with Gasteiger partial charge >= 0.3 is 0 Å². The van der Waals surface area contributed by atoms with Crippen molar-refractivity contribution in [3.63, 3.8) is 0 Å². The number of hydrogen-bond acceptors (Lipinski definition) is 3. The van der Waals surface area contributed by atoms with E-state index in [0.717, 1.165) is 18.5 Å². The van der Waals surface area contributed by atoms with E-state index in [1.165, 1.54) is 12.1 Å². The summed E-state index contributed by atoms with van der Waals surface area (Å²) in [5.41, 5.74) is 0.809.